The van der Waals surface area contributed by atoms with Gasteiger partial charge >= 0.3 is 0 Å². The minimum atomic E-state index is -0.320. The van der Waals surface area contributed by atoms with Crippen molar-refractivity contribution in [2.24, 2.45) is 5.73 Å². The first kappa shape index (κ1) is 13.1. The molecule has 1 aromatic carbocycles. The van der Waals surface area contributed by atoms with Crippen LogP contribution in [0, 0.1) is 5.82 Å². The van der Waals surface area contributed by atoms with Gasteiger partial charge in [0.2, 0.25) is 0 Å². The summed E-state index contributed by atoms with van der Waals surface area (Å²) in [5, 5.41) is 4.58. The third-order valence-corrected chi connectivity index (χ3v) is 3.26. The van der Waals surface area contributed by atoms with E-state index in [9.17, 15) is 4.39 Å². The molecule has 2 N–H and O–H groups in total. The topological polar surface area (TPSA) is 43.8 Å². The largest absolute Gasteiger partial charge is 0.324 e. The molecule has 3 nitrogen and oxygen atoms in total. The molecule has 0 spiro atoms. The number of rotatable bonds is 4. The Morgan fingerprint density at radius 3 is 2.94 bits per heavy atom. The lowest BCUT2D eigenvalue weighted by molar-refractivity contribution is 0.585. The van der Waals surface area contributed by atoms with E-state index in [1.165, 1.54) is 6.07 Å². The standard InChI is InChI=1S/C13H15ClFN3/c1-2-13(16)9-6-17-18(7-9)8-10-11(14)4-3-5-12(10)15/h3-7,13H,2,8,16H2,1H3. The molecule has 0 saturated carbocycles. The molecule has 2 rings (SSSR count). The van der Waals surface area contributed by atoms with E-state index in [1.807, 2.05) is 13.1 Å². The van der Waals surface area contributed by atoms with E-state index < -0.39 is 0 Å². The van der Waals surface area contributed by atoms with Crippen molar-refractivity contribution in [1.82, 2.24) is 9.78 Å². The second-order valence-electron chi connectivity index (χ2n) is 4.19. The average Bonchev–Trinajstić information content (AvgIpc) is 2.81. The summed E-state index contributed by atoms with van der Waals surface area (Å²) >= 11 is 5.97. The van der Waals surface area contributed by atoms with E-state index in [0.29, 0.717) is 17.1 Å². The van der Waals surface area contributed by atoms with E-state index in [-0.39, 0.29) is 11.9 Å². The van der Waals surface area contributed by atoms with Crippen LogP contribution in [0.25, 0.3) is 0 Å². The van der Waals surface area contributed by atoms with Gasteiger partial charge in [0.15, 0.2) is 0 Å². The maximum absolute atomic E-state index is 13.6. The van der Waals surface area contributed by atoms with Gasteiger partial charge in [-0.05, 0) is 18.6 Å². The van der Waals surface area contributed by atoms with Crippen molar-refractivity contribution in [3.8, 4) is 0 Å². The number of hydrogen-bond acceptors (Lipinski definition) is 2. The zero-order valence-corrected chi connectivity index (χ0v) is 10.9. The molecule has 96 valence electrons. The van der Waals surface area contributed by atoms with Crippen LogP contribution in [0.2, 0.25) is 5.02 Å². The SMILES string of the molecule is CCC(N)c1cnn(Cc2c(F)cccc2Cl)c1. The Hall–Kier alpha value is -1.39. The fourth-order valence-electron chi connectivity index (χ4n) is 1.74. The number of nitrogens with two attached hydrogens (primary N) is 1. The lowest BCUT2D eigenvalue weighted by atomic mass is 10.1. The van der Waals surface area contributed by atoms with E-state index in [4.69, 9.17) is 17.3 Å². The van der Waals surface area contributed by atoms with E-state index >= 15 is 0 Å². The van der Waals surface area contributed by atoms with Crippen molar-refractivity contribution in [1.29, 1.82) is 0 Å². The zero-order valence-electron chi connectivity index (χ0n) is 10.1. The predicted octanol–water partition coefficient (Wildman–Crippen LogP) is 3.13. The lowest BCUT2D eigenvalue weighted by Crippen LogP contribution is -2.08. The highest BCUT2D eigenvalue weighted by atomic mass is 35.5. The molecule has 0 aliphatic heterocycles. The van der Waals surface area contributed by atoms with Gasteiger partial charge in [-0.1, -0.05) is 24.6 Å². The summed E-state index contributed by atoms with van der Waals surface area (Å²) in [6.07, 6.45) is 4.38. The Balaban J connectivity index is 2.21. The van der Waals surface area contributed by atoms with Crippen molar-refractivity contribution in [3.05, 3.63) is 52.6 Å². The number of halogens is 2. The molecule has 0 saturated heterocycles. The molecular weight excluding hydrogens is 253 g/mol. The fraction of sp³-hybridized carbons (Fsp3) is 0.308. The Morgan fingerprint density at radius 1 is 1.50 bits per heavy atom. The van der Waals surface area contributed by atoms with Crippen LogP contribution >= 0.6 is 11.6 Å². The molecule has 5 heteroatoms. The number of hydrogen-bond donors (Lipinski definition) is 1. The van der Waals surface area contributed by atoms with Crippen molar-refractivity contribution in [3.63, 3.8) is 0 Å². The van der Waals surface area contributed by atoms with Gasteiger partial charge in [-0.25, -0.2) is 4.39 Å². The first-order valence-electron chi connectivity index (χ1n) is 5.82. The van der Waals surface area contributed by atoms with Gasteiger partial charge in [-0.2, -0.15) is 5.10 Å². The molecule has 0 aliphatic carbocycles. The molecule has 1 aromatic heterocycles. The maximum atomic E-state index is 13.6. The van der Waals surface area contributed by atoms with E-state index in [0.717, 1.165) is 12.0 Å². The highest BCUT2D eigenvalue weighted by molar-refractivity contribution is 6.31. The van der Waals surface area contributed by atoms with Crippen LogP contribution in [0.15, 0.2) is 30.6 Å². The van der Waals surface area contributed by atoms with Gasteiger partial charge in [0, 0.05) is 28.4 Å². The smallest absolute Gasteiger partial charge is 0.129 e. The summed E-state index contributed by atoms with van der Waals surface area (Å²) in [5.74, 6) is -0.320. The summed E-state index contributed by atoms with van der Waals surface area (Å²) < 4.78 is 15.3. The van der Waals surface area contributed by atoms with Crippen LogP contribution in [0.4, 0.5) is 4.39 Å². The molecule has 0 fully saturated rings. The quantitative estimate of drug-likeness (QED) is 0.925. The van der Waals surface area contributed by atoms with Gasteiger partial charge in [0.05, 0.1) is 12.7 Å². The molecule has 0 radical (unpaired) electrons. The third-order valence-electron chi connectivity index (χ3n) is 2.90. The summed E-state index contributed by atoms with van der Waals surface area (Å²) in [5.41, 5.74) is 7.30. The van der Waals surface area contributed by atoms with Crippen molar-refractivity contribution >= 4 is 11.6 Å². The summed E-state index contributed by atoms with van der Waals surface area (Å²) in [4.78, 5) is 0. The van der Waals surface area contributed by atoms with Crippen LogP contribution in [-0.2, 0) is 6.54 Å². The summed E-state index contributed by atoms with van der Waals surface area (Å²) in [6.45, 7) is 2.32. The van der Waals surface area contributed by atoms with Crippen LogP contribution < -0.4 is 5.73 Å². The van der Waals surface area contributed by atoms with Gasteiger partial charge in [0.25, 0.3) is 0 Å². The molecule has 0 bridgehead atoms. The van der Waals surface area contributed by atoms with Gasteiger partial charge in [0.1, 0.15) is 5.82 Å². The number of benzene rings is 1. The van der Waals surface area contributed by atoms with Crippen LogP contribution in [0.1, 0.15) is 30.5 Å². The maximum Gasteiger partial charge on any atom is 0.129 e. The first-order chi connectivity index (χ1) is 8.61. The highest BCUT2D eigenvalue weighted by Gasteiger charge is 2.10. The Labute approximate surface area is 110 Å². The van der Waals surface area contributed by atoms with Gasteiger partial charge in [-0.3, -0.25) is 4.68 Å². The first-order valence-corrected chi connectivity index (χ1v) is 6.20. The molecule has 18 heavy (non-hydrogen) atoms. The average molecular weight is 268 g/mol. The second kappa shape index (κ2) is 5.50. The number of nitrogens with zero attached hydrogens (tertiary/aromatic N) is 2. The minimum absolute atomic E-state index is 0.0326. The molecule has 2 aromatic rings. The van der Waals surface area contributed by atoms with Gasteiger partial charge < -0.3 is 5.73 Å². The zero-order chi connectivity index (χ0) is 13.1. The fourth-order valence-corrected chi connectivity index (χ4v) is 1.96. The van der Waals surface area contributed by atoms with E-state index in [2.05, 4.69) is 5.10 Å². The molecule has 0 aliphatic rings. The van der Waals surface area contributed by atoms with Crippen molar-refractivity contribution < 1.29 is 4.39 Å². The molecule has 1 heterocycles. The second-order valence-corrected chi connectivity index (χ2v) is 4.59. The number of aromatic nitrogens is 2. The third kappa shape index (κ3) is 2.71. The molecule has 0 amide bonds. The highest BCUT2D eigenvalue weighted by Crippen LogP contribution is 2.20. The molecule has 1 unspecified atom stereocenters. The summed E-state index contributed by atoms with van der Waals surface area (Å²) in [7, 11) is 0. The predicted molar refractivity (Wildman–Crippen MR) is 70.0 cm³/mol. The van der Waals surface area contributed by atoms with Crippen LogP contribution in [0.3, 0.4) is 0 Å². The van der Waals surface area contributed by atoms with Crippen molar-refractivity contribution in [2.75, 3.05) is 0 Å². The molecule has 1 atom stereocenters. The lowest BCUT2D eigenvalue weighted by Gasteiger charge is -2.06. The Bertz CT molecular complexity index is 519. The minimum Gasteiger partial charge on any atom is -0.324 e. The molecular formula is C13H15ClFN3. The summed E-state index contributed by atoms with van der Waals surface area (Å²) in [6, 6.07) is 4.61. The normalized spacial score (nSPS) is 12.7. The Morgan fingerprint density at radius 2 is 2.28 bits per heavy atom. The van der Waals surface area contributed by atoms with Crippen LogP contribution in [-0.4, -0.2) is 9.78 Å². The van der Waals surface area contributed by atoms with E-state index in [1.54, 1.807) is 23.0 Å². The van der Waals surface area contributed by atoms with Crippen molar-refractivity contribution in [2.45, 2.75) is 25.9 Å². The monoisotopic (exact) mass is 267 g/mol. The Kier molecular flexibility index (Phi) is 3.99. The van der Waals surface area contributed by atoms with Gasteiger partial charge in [-0.15, -0.1) is 0 Å². The van der Waals surface area contributed by atoms with Crippen LogP contribution in [0.5, 0.6) is 0 Å².